The Labute approximate surface area is 98.3 Å². The van der Waals surface area contributed by atoms with Crippen molar-refractivity contribution < 1.29 is 8.42 Å². The van der Waals surface area contributed by atoms with Gasteiger partial charge in [0.25, 0.3) is 0 Å². The molecule has 0 saturated heterocycles. The standard InChI is InChI=1S/C11H21ClO2S/c1-3-15(13,14)8-4-7-11(2,9-12)10-5-6-10/h10H,3-9H2,1-2H3. The maximum atomic E-state index is 11.3. The van der Waals surface area contributed by atoms with Crippen LogP contribution < -0.4 is 0 Å². The van der Waals surface area contributed by atoms with E-state index in [0.717, 1.165) is 18.8 Å². The first-order valence-electron chi connectivity index (χ1n) is 5.70. The first-order valence-corrected chi connectivity index (χ1v) is 8.05. The second-order valence-corrected chi connectivity index (χ2v) is 7.64. The van der Waals surface area contributed by atoms with Gasteiger partial charge in [-0.3, -0.25) is 0 Å². The SMILES string of the molecule is CCS(=O)(=O)CCCC(C)(CCl)C1CC1. The predicted octanol–water partition coefficient (Wildman–Crippen LogP) is 2.86. The molecule has 1 aliphatic rings. The Morgan fingerprint density at radius 3 is 2.40 bits per heavy atom. The fourth-order valence-corrected chi connectivity index (χ4v) is 3.23. The predicted molar refractivity (Wildman–Crippen MR) is 65.1 cm³/mol. The molecule has 1 aliphatic carbocycles. The van der Waals surface area contributed by atoms with E-state index in [1.54, 1.807) is 6.92 Å². The molecular formula is C11H21ClO2S. The summed E-state index contributed by atoms with van der Waals surface area (Å²) >= 11 is 5.98. The Bertz CT molecular complexity index is 296. The zero-order valence-electron chi connectivity index (χ0n) is 9.63. The molecule has 1 saturated carbocycles. The van der Waals surface area contributed by atoms with Gasteiger partial charge in [0.2, 0.25) is 0 Å². The molecule has 1 fully saturated rings. The number of sulfone groups is 1. The van der Waals surface area contributed by atoms with E-state index in [1.807, 2.05) is 0 Å². The Kier molecular flexibility index (Phi) is 4.48. The van der Waals surface area contributed by atoms with E-state index in [2.05, 4.69) is 6.92 Å². The monoisotopic (exact) mass is 252 g/mol. The molecule has 0 aromatic rings. The van der Waals surface area contributed by atoms with Crippen LogP contribution >= 0.6 is 11.6 Å². The van der Waals surface area contributed by atoms with Crippen molar-refractivity contribution in [1.29, 1.82) is 0 Å². The van der Waals surface area contributed by atoms with E-state index in [4.69, 9.17) is 11.6 Å². The van der Waals surface area contributed by atoms with Crippen molar-refractivity contribution in [2.24, 2.45) is 11.3 Å². The second-order valence-electron chi connectivity index (χ2n) is 4.90. The largest absolute Gasteiger partial charge is 0.229 e. The first-order chi connectivity index (χ1) is 6.93. The van der Waals surface area contributed by atoms with Gasteiger partial charge in [-0.1, -0.05) is 13.8 Å². The zero-order valence-corrected chi connectivity index (χ0v) is 11.2. The molecule has 1 unspecified atom stereocenters. The minimum Gasteiger partial charge on any atom is -0.229 e. The molecule has 2 nitrogen and oxygen atoms in total. The van der Waals surface area contributed by atoms with Crippen molar-refractivity contribution in [2.45, 2.75) is 39.5 Å². The van der Waals surface area contributed by atoms with Crippen LogP contribution in [0, 0.1) is 11.3 Å². The maximum Gasteiger partial charge on any atom is 0.150 e. The van der Waals surface area contributed by atoms with Crippen LogP contribution in [-0.2, 0) is 9.84 Å². The van der Waals surface area contributed by atoms with E-state index in [-0.39, 0.29) is 11.2 Å². The van der Waals surface area contributed by atoms with Crippen molar-refractivity contribution in [1.82, 2.24) is 0 Å². The Morgan fingerprint density at radius 1 is 1.40 bits per heavy atom. The van der Waals surface area contributed by atoms with Gasteiger partial charge < -0.3 is 0 Å². The van der Waals surface area contributed by atoms with Gasteiger partial charge in [0.05, 0.1) is 5.75 Å². The molecule has 0 radical (unpaired) electrons. The smallest absolute Gasteiger partial charge is 0.150 e. The molecule has 0 spiro atoms. The molecule has 0 aromatic heterocycles. The van der Waals surface area contributed by atoms with E-state index < -0.39 is 9.84 Å². The van der Waals surface area contributed by atoms with E-state index in [0.29, 0.717) is 11.6 Å². The van der Waals surface area contributed by atoms with E-state index in [1.165, 1.54) is 12.8 Å². The van der Waals surface area contributed by atoms with Gasteiger partial charge in [0.1, 0.15) is 9.84 Å². The van der Waals surface area contributed by atoms with Gasteiger partial charge >= 0.3 is 0 Å². The third-order valence-corrected chi connectivity index (χ3v) is 5.91. The fourth-order valence-electron chi connectivity index (χ4n) is 2.00. The maximum absolute atomic E-state index is 11.3. The van der Waals surface area contributed by atoms with Crippen LogP contribution in [0.25, 0.3) is 0 Å². The zero-order chi connectivity index (χ0) is 11.5. The normalized spacial score (nSPS) is 21.3. The second kappa shape index (κ2) is 5.05. The molecule has 90 valence electrons. The van der Waals surface area contributed by atoms with Crippen LogP contribution in [0.5, 0.6) is 0 Å². The minimum absolute atomic E-state index is 0.171. The summed E-state index contributed by atoms with van der Waals surface area (Å²) in [6.07, 6.45) is 4.24. The number of alkyl halides is 1. The Balaban J connectivity index is 2.35. The summed E-state index contributed by atoms with van der Waals surface area (Å²) in [6, 6.07) is 0. The van der Waals surface area contributed by atoms with Crippen LogP contribution in [-0.4, -0.2) is 25.8 Å². The summed E-state index contributed by atoms with van der Waals surface area (Å²) in [6.45, 7) is 3.90. The number of hydrogen-bond acceptors (Lipinski definition) is 2. The van der Waals surface area contributed by atoms with Gasteiger partial charge in [0, 0.05) is 11.6 Å². The summed E-state index contributed by atoms with van der Waals surface area (Å²) in [4.78, 5) is 0. The quantitative estimate of drug-likeness (QED) is 0.653. The van der Waals surface area contributed by atoms with Crippen LogP contribution in [0.4, 0.5) is 0 Å². The lowest BCUT2D eigenvalue weighted by molar-refractivity contribution is 0.287. The number of halogens is 1. The van der Waals surface area contributed by atoms with Gasteiger partial charge in [-0.05, 0) is 37.0 Å². The highest BCUT2D eigenvalue weighted by molar-refractivity contribution is 7.91. The summed E-state index contributed by atoms with van der Waals surface area (Å²) in [5.74, 6) is 1.97. The Hall–Kier alpha value is 0.240. The average molecular weight is 253 g/mol. The molecule has 15 heavy (non-hydrogen) atoms. The van der Waals surface area contributed by atoms with E-state index in [9.17, 15) is 8.42 Å². The van der Waals surface area contributed by atoms with Crippen molar-refractivity contribution in [3.8, 4) is 0 Å². The lowest BCUT2D eigenvalue weighted by atomic mass is 9.83. The molecule has 0 amide bonds. The molecule has 1 rings (SSSR count). The summed E-state index contributed by atoms with van der Waals surface area (Å²) in [7, 11) is -2.80. The molecule has 0 bridgehead atoms. The van der Waals surface area contributed by atoms with Crippen molar-refractivity contribution in [2.75, 3.05) is 17.4 Å². The van der Waals surface area contributed by atoms with Crippen molar-refractivity contribution in [3.63, 3.8) is 0 Å². The van der Waals surface area contributed by atoms with Crippen LogP contribution in [0.2, 0.25) is 0 Å². The summed E-state index contributed by atoms with van der Waals surface area (Å²) in [5.41, 5.74) is 0.171. The van der Waals surface area contributed by atoms with Crippen LogP contribution in [0.15, 0.2) is 0 Å². The Morgan fingerprint density at radius 2 is 2.00 bits per heavy atom. The highest BCUT2D eigenvalue weighted by atomic mass is 35.5. The third-order valence-electron chi connectivity index (χ3n) is 3.51. The van der Waals surface area contributed by atoms with Gasteiger partial charge in [0.15, 0.2) is 0 Å². The lowest BCUT2D eigenvalue weighted by Gasteiger charge is -2.26. The molecule has 0 N–H and O–H groups in total. The minimum atomic E-state index is -2.80. The van der Waals surface area contributed by atoms with E-state index >= 15 is 0 Å². The van der Waals surface area contributed by atoms with Crippen molar-refractivity contribution in [3.05, 3.63) is 0 Å². The topological polar surface area (TPSA) is 34.1 Å². The van der Waals surface area contributed by atoms with Crippen LogP contribution in [0.3, 0.4) is 0 Å². The van der Waals surface area contributed by atoms with Gasteiger partial charge in [-0.2, -0.15) is 0 Å². The summed E-state index contributed by atoms with van der Waals surface area (Å²) in [5, 5.41) is 0. The van der Waals surface area contributed by atoms with Gasteiger partial charge in [-0.25, -0.2) is 8.42 Å². The highest BCUT2D eigenvalue weighted by Crippen LogP contribution is 2.48. The molecule has 0 heterocycles. The fraction of sp³-hybridized carbons (Fsp3) is 1.00. The molecule has 4 heteroatoms. The van der Waals surface area contributed by atoms with Crippen molar-refractivity contribution >= 4 is 21.4 Å². The highest BCUT2D eigenvalue weighted by Gasteiger charge is 2.40. The molecule has 0 aliphatic heterocycles. The average Bonchev–Trinajstić information content (AvgIpc) is 3.01. The van der Waals surface area contributed by atoms with Crippen LogP contribution in [0.1, 0.15) is 39.5 Å². The molecular weight excluding hydrogens is 232 g/mol. The lowest BCUT2D eigenvalue weighted by Crippen LogP contribution is -2.22. The van der Waals surface area contributed by atoms with Gasteiger partial charge in [-0.15, -0.1) is 11.6 Å². The first kappa shape index (κ1) is 13.3. The number of rotatable bonds is 7. The third kappa shape index (κ3) is 3.95. The molecule has 0 aromatic carbocycles. The summed E-state index contributed by atoms with van der Waals surface area (Å²) < 4.78 is 22.7. The molecule has 1 atom stereocenters. The number of hydrogen-bond donors (Lipinski definition) is 0.